The van der Waals surface area contributed by atoms with Crippen molar-refractivity contribution < 1.29 is 14.4 Å². The molecule has 2 bridgehead atoms. The van der Waals surface area contributed by atoms with Gasteiger partial charge in [-0.3, -0.25) is 4.79 Å². The second kappa shape index (κ2) is 6.70. The van der Waals surface area contributed by atoms with Crippen molar-refractivity contribution in [3.8, 4) is 5.75 Å². The number of methoxy groups -OCH3 is 1. The van der Waals surface area contributed by atoms with Crippen LogP contribution in [0, 0.1) is 10.8 Å². The van der Waals surface area contributed by atoms with Gasteiger partial charge in [0.1, 0.15) is 5.75 Å². The number of rotatable bonds is 5. The molecule has 5 nitrogen and oxygen atoms in total. The van der Waals surface area contributed by atoms with Crippen LogP contribution in [0.3, 0.4) is 0 Å². The van der Waals surface area contributed by atoms with Gasteiger partial charge in [-0.2, -0.15) is 0 Å². The van der Waals surface area contributed by atoms with Crippen LogP contribution >= 0.6 is 0 Å². The quantitative estimate of drug-likeness (QED) is 0.607. The van der Waals surface area contributed by atoms with Crippen LogP contribution in [0.15, 0.2) is 29.4 Å². The van der Waals surface area contributed by atoms with E-state index in [2.05, 4.69) is 25.9 Å². The summed E-state index contributed by atoms with van der Waals surface area (Å²) in [5.41, 5.74) is 1.45. The second-order valence-electron chi connectivity index (χ2n) is 8.52. The molecule has 2 aliphatic rings. The van der Waals surface area contributed by atoms with Gasteiger partial charge in [0.25, 0.3) is 5.91 Å². The van der Waals surface area contributed by atoms with Crippen LogP contribution in [0.25, 0.3) is 0 Å². The molecule has 1 aromatic rings. The molecule has 0 spiro atoms. The molecule has 2 atom stereocenters. The molecule has 1 aliphatic heterocycles. The Morgan fingerprint density at radius 1 is 1.28 bits per heavy atom. The lowest BCUT2D eigenvalue weighted by molar-refractivity contribution is -0.137. The van der Waals surface area contributed by atoms with Crippen molar-refractivity contribution in [3.63, 3.8) is 0 Å². The third kappa shape index (κ3) is 4.14. The predicted molar refractivity (Wildman–Crippen MR) is 97.8 cm³/mol. The van der Waals surface area contributed by atoms with E-state index in [1.165, 1.54) is 6.42 Å². The summed E-state index contributed by atoms with van der Waals surface area (Å²) in [6.45, 7) is 7.75. The molecule has 25 heavy (non-hydrogen) atoms. The zero-order chi connectivity index (χ0) is 18.1. The van der Waals surface area contributed by atoms with E-state index in [1.54, 1.807) is 13.3 Å². The maximum absolute atomic E-state index is 12.5. The van der Waals surface area contributed by atoms with E-state index >= 15 is 0 Å². The Morgan fingerprint density at radius 3 is 2.68 bits per heavy atom. The molecule has 1 aliphatic carbocycles. The van der Waals surface area contributed by atoms with E-state index in [0.29, 0.717) is 11.5 Å². The minimum Gasteiger partial charge on any atom is -0.497 e. The van der Waals surface area contributed by atoms with Crippen LogP contribution in [0.1, 0.15) is 45.6 Å². The lowest BCUT2D eigenvalue weighted by Gasteiger charge is -2.39. The second-order valence-corrected chi connectivity index (χ2v) is 8.52. The minimum atomic E-state index is -0.000334. The lowest BCUT2D eigenvalue weighted by atomic mass is 9.65. The molecule has 0 aromatic heterocycles. The van der Waals surface area contributed by atoms with Crippen molar-refractivity contribution in [2.24, 2.45) is 16.0 Å². The number of ether oxygens (including phenoxy) is 1. The standard InChI is InChI=1S/C20H28N2O3/c1-19(2)9-16-10-20(3,13-19)14-22(16)18(23)12-25-21-11-15-5-7-17(24-4)8-6-15/h5-8,11,16H,9-10,12-14H2,1-4H3/b21-11-/t16-,20+/m0/s1. The number of carbonyl (C=O) groups excluding carboxylic acids is 1. The maximum atomic E-state index is 12.5. The minimum absolute atomic E-state index is 0.000334. The van der Waals surface area contributed by atoms with Gasteiger partial charge < -0.3 is 14.5 Å². The normalized spacial score (nSPS) is 27.5. The Labute approximate surface area is 150 Å². The number of oxime groups is 1. The van der Waals surface area contributed by atoms with Gasteiger partial charge in [-0.1, -0.05) is 25.9 Å². The van der Waals surface area contributed by atoms with E-state index in [9.17, 15) is 4.79 Å². The average molecular weight is 344 g/mol. The van der Waals surface area contributed by atoms with Crippen LogP contribution in [0.4, 0.5) is 0 Å². The molecule has 1 amide bonds. The third-order valence-corrected chi connectivity index (χ3v) is 5.32. The van der Waals surface area contributed by atoms with Gasteiger partial charge in [-0.25, -0.2) is 0 Å². The molecular formula is C20H28N2O3. The third-order valence-electron chi connectivity index (χ3n) is 5.32. The van der Waals surface area contributed by atoms with E-state index in [1.807, 2.05) is 29.2 Å². The fraction of sp³-hybridized carbons (Fsp3) is 0.600. The summed E-state index contributed by atoms with van der Waals surface area (Å²) in [5, 5.41) is 3.93. The summed E-state index contributed by atoms with van der Waals surface area (Å²) in [5.74, 6) is 0.836. The van der Waals surface area contributed by atoms with Gasteiger partial charge in [0.05, 0.1) is 13.3 Å². The summed E-state index contributed by atoms with van der Waals surface area (Å²) >= 11 is 0. The Bertz CT molecular complexity index is 653. The first-order valence-corrected chi connectivity index (χ1v) is 8.89. The van der Waals surface area contributed by atoms with Crippen molar-refractivity contribution in [2.75, 3.05) is 20.3 Å². The van der Waals surface area contributed by atoms with E-state index in [4.69, 9.17) is 9.57 Å². The molecule has 5 heteroatoms. The van der Waals surface area contributed by atoms with Gasteiger partial charge in [0, 0.05) is 12.6 Å². The fourth-order valence-electron chi connectivity index (χ4n) is 4.72. The summed E-state index contributed by atoms with van der Waals surface area (Å²) in [6, 6.07) is 7.84. The topological polar surface area (TPSA) is 51.1 Å². The highest BCUT2D eigenvalue weighted by atomic mass is 16.6. The summed E-state index contributed by atoms with van der Waals surface area (Å²) in [4.78, 5) is 19.8. The number of nitrogens with zero attached hydrogens (tertiary/aromatic N) is 2. The Morgan fingerprint density at radius 2 is 2.00 bits per heavy atom. The van der Waals surface area contributed by atoms with Crippen molar-refractivity contribution in [3.05, 3.63) is 29.8 Å². The average Bonchev–Trinajstić information content (AvgIpc) is 2.81. The Kier molecular flexibility index (Phi) is 4.76. The number of amides is 1. The van der Waals surface area contributed by atoms with Crippen LogP contribution in [0.5, 0.6) is 5.75 Å². The highest BCUT2D eigenvalue weighted by molar-refractivity contribution is 5.80. The van der Waals surface area contributed by atoms with E-state index in [0.717, 1.165) is 30.7 Å². The number of likely N-dealkylation sites (tertiary alicyclic amines) is 1. The van der Waals surface area contributed by atoms with Crippen LogP contribution in [0.2, 0.25) is 0 Å². The molecule has 0 radical (unpaired) electrons. The van der Waals surface area contributed by atoms with Gasteiger partial charge in [0.15, 0.2) is 6.61 Å². The van der Waals surface area contributed by atoms with Crippen molar-refractivity contribution in [2.45, 2.75) is 46.1 Å². The zero-order valence-corrected chi connectivity index (χ0v) is 15.6. The Balaban J connectivity index is 1.52. The van der Waals surface area contributed by atoms with Crippen molar-refractivity contribution >= 4 is 12.1 Å². The molecule has 2 fully saturated rings. The molecule has 0 unspecified atom stereocenters. The van der Waals surface area contributed by atoms with Gasteiger partial charge >= 0.3 is 0 Å². The predicted octanol–water partition coefficient (Wildman–Crippen LogP) is 3.47. The lowest BCUT2D eigenvalue weighted by Crippen LogP contribution is -2.39. The molecule has 136 valence electrons. The Hall–Kier alpha value is -2.04. The molecule has 0 N–H and O–H groups in total. The number of benzene rings is 1. The molecule has 1 saturated heterocycles. The highest BCUT2D eigenvalue weighted by Crippen LogP contribution is 2.52. The van der Waals surface area contributed by atoms with Crippen LogP contribution in [-0.4, -0.2) is 43.3 Å². The largest absolute Gasteiger partial charge is 0.497 e. The smallest absolute Gasteiger partial charge is 0.263 e. The number of carbonyl (C=O) groups is 1. The van der Waals surface area contributed by atoms with E-state index in [-0.39, 0.29) is 17.9 Å². The first kappa shape index (κ1) is 17.8. The summed E-state index contributed by atoms with van der Waals surface area (Å²) in [6.07, 6.45) is 4.97. The summed E-state index contributed by atoms with van der Waals surface area (Å²) in [7, 11) is 1.63. The van der Waals surface area contributed by atoms with Crippen molar-refractivity contribution in [1.29, 1.82) is 0 Å². The fourth-order valence-corrected chi connectivity index (χ4v) is 4.72. The maximum Gasteiger partial charge on any atom is 0.263 e. The zero-order valence-electron chi connectivity index (χ0n) is 15.6. The molecule has 1 heterocycles. The van der Waals surface area contributed by atoms with Crippen molar-refractivity contribution in [1.82, 2.24) is 4.90 Å². The SMILES string of the molecule is COc1ccc(/C=N\OCC(=O)N2C[C@]3(C)C[C@@H]2CC(C)(C)C3)cc1. The molecular weight excluding hydrogens is 316 g/mol. The first-order chi connectivity index (χ1) is 11.8. The van der Waals surface area contributed by atoms with Gasteiger partial charge in [0.2, 0.25) is 0 Å². The van der Waals surface area contributed by atoms with Gasteiger partial charge in [-0.15, -0.1) is 0 Å². The molecule has 1 saturated carbocycles. The van der Waals surface area contributed by atoms with E-state index < -0.39 is 0 Å². The molecule has 3 rings (SSSR count). The summed E-state index contributed by atoms with van der Waals surface area (Å²) < 4.78 is 5.11. The monoisotopic (exact) mass is 344 g/mol. The highest BCUT2D eigenvalue weighted by Gasteiger charge is 2.50. The van der Waals surface area contributed by atoms with Gasteiger partial charge in [-0.05, 0) is 59.9 Å². The van der Waals surface area contributed by atoms with Crippen LogP contribution < -0.4 is 4.74 Å². The number of fused-ring (bicyclic) bond motifs is 2. The number of hydrogen-bond acceptors (Lipinski definition) is 4. The first-order valence-electron chi connectivity index (χ1n) is 8.89. The molecule has 1 aromatic carbocycles. The number of hydrogen-bond donors (Lipinski definition) is 0. The van der Waals surface area contributed by atoms with Crippen LogP contribution in [-0.2, 0) is 9.63 Å².